The molecular formula is C23H22ClF3N4O3. The van der Waals surface area contributed by atoms with E-state index in [1.165, 1.54) is 6.07 Å². The number of carbonyl (C=O) groups excluding carboxylic acids is 3. The van der Waals surface area contributed by atoms with E-state index in [0.717, 1.165) is 17.0 Å². The monoisotopic (exact) mass is 494 g/mol. The fourth-order valence-corrected chi connectivity index (χ4v) is 4.42. The van der Waals surface area contributed by atoms with Gasteiger partial charge in [-0.1, -0.05) is 29.8 Å². The highest BCUT2D eigenvalue weighted by atomic mass is 35.5. The Morgan fingerprint density at radius 1 is 1.03 bits per heavy atom. The minimum Gasteiger partial charge on any atom is -0.325 e. The van der Waals surface area contributed by atoms with Crippen molar-refractivity contribution in [3.8, 4) is 0 Å². The summed E-state index contributed by atoms with van der Waals surface area (Å²) >= 11 is 5.66. The van der Waals surface area contributed by atoms with Crippen molar-refractivity contribution in [3.63, 3.8) is 0 Å². The van der Waals surface area contributed by atoms with Crippen LogP contribution in [-0.4, -0.2) is 66.3 Å². The summed E-state index contributed by atoms with van der Waals surface area (Å²) in [5.41, 5.74) is -0.541. The Labute approximate surface area is 199 Å². The van der Waals surface area contributed by atoms with Gasteiger partial charge in [0.1, 0.15) is 0 Å². The zero-order valence-corrected chi connectivity index (χ0v) is 18.8. The lowest BCUT2D eigenvalue weighted by molar-refractivity contribution is -0.137. The molecule has 0 aromatic heterocycles. The molecule has 1 atom stereocenters. The molecular weight excluding hydrogens is 473 g/mol. The van der Waals surface area contributed by atoms with E-state index < -0.39 is 34.6 Å². The van der Waals surface area contributed by atoms with Crippen molar-refractivity contribution < 1.29 is 27.6 Å². The maximum Gasteiger partial charge on any atom is 0.417 e. The van der Waals surface area contributed by atoms with Crippen LogP contribution in [0.15, 0.2) is 48.5 Å². The van der Waals surface area contributed by atoms with E-state index in [-0.39, 0.29) is 24.6 Å². The molecule has 0 unspecified atom stereocenters. The number of nitrogens with zero attached hydrogens (tertiary/aromatic N) is 3. The predicted octanol–water partition coefficient (Wildman–Crippen LogP) is 3.25. The second kappa shape index (κ2) is 9.73. The van der Waals surface area contributed by atoms with Gasteiger partial charge in [0.25, 0.3) is 5.91 Å². The van der Waals surface area contributed by atoms with Crippen LogP contribution in [0.5, 0.6) is 0 Å². The minimum absolute atomic E-state index is 0.114. The second-order valence-corrected chi connectivity index (χ2v) is 8.58. The van der Waals surface area contributed by atoms with Gasteiger partial charge >= 0.3 is 6.18 Å². The minimum atomic E-state index is -4.71. The number of anilines is 2. The van der Waals surface area contributed by atoms with E-state index >= 15 is 0 Å². The summed E-state index contributed by atoms with van der Waals surface area (Å²) in [4.78, 5) is 42.4. The first-order valence-electron chi connectivity index (χ1n) is 10.7. The number of imide groups is 1. The van der Waals surface area contributed by atoms with Crippen LogP contribution >= 0.6 is 11.6 Å². The lowest BCUT2D eigenvalue weighted by Gasteiger charge is -2.36. The second-order valence-electron chi connectivity index (χ2n) is 8.18. The number of hydrogen-bond acceptors (Lipinski definition) is 5. The van der Waals surface area contributed by atoms with Crippen molar-refractivity contribution >= 4 is 40.7 Å². The number of amides is 3. The average molecular weight is 495 g/mol. The number of rotatable bonds is 5. The molecule has 180 valence electrons. The molecule has 34 heavy (non-hydrogen) atoms. The Balaban J connectivity index is 1.36. The van der Waals surface area contributed by atoms with Gasteiger partial charge in [0.05, 0.1) is 35.3 Å². The Bertz CT molecular complexity index is 1090. The molecule has 4 rings (SSSR count). The fourth-order valence-electron chi connectivity index (χ4n) is 4.20. The molecule has 2 heterocycles. The zero-order chi connectivity index (χ0) is 24.5. The van der Waals surface area contributed by atoms with Gasteiger partial charge in [0, 0.05) is 31.9 Å². The Kier molecular flexibility index (Phi) is 6.92. The highest BCUT2D eigenvalue weighted by Gasteiger charge is 2.44. The number of nitrogens with one attached hydrogen (secondary N) is 1. The molecule has 2 saturated heterocycles. The van der Waals surface area contributed by atoms with Gasteiger partial charge in [0.15, 0.2) is 0 Å². The first-order valence-corrected chi connectivity index (χ1v) is 11.1. The molecule has 2 aromatic rings. The van der Waals surface area contributed by atoms with Crippen molar-refractivity contribution in [2.75, 3.05) is 42.9 Å². The quantitative estimate of drug-likeness (QED) is 0.646. The SMILES string of the molecule is O=C(CN1CCN([C@@H]2CC(=O)N(c3ccc(Cl)c(C(F)(F)F)c3)C2=O)CC1)Nc1ccccc1. The van der Waals surface area contributed by atoms with Gasteiger partial charge in [-0.05, 0) is 30.3 Å². The lowest BCUT2D eigenvalue weighted by atomic mass is 10.1. The molecule has 0 saturated carbocycles. The van der Waals surface area contributed by atoms with Gasteiger partial charge in [-0.15, -0.1) is 0 Å². The first-order chi connectivity index (χ1) is 16.1. The molecule has 7 nitrogen and oxygen atoms in total. The number of halogens is 4. The van der Waals surface area contributed by atoms with E-state index in [4.69, 9.17) is 11.6 Å². The molecule has 0 spiro atoms. The normalized spacial score (nSPS) is 20.1. The summed E-state index contributed by atoms with van der Waals surface area (Å²) in [5.74, 6) is -1.27. The zero-order valence-electron chi connectivity index (χ0n) is 18.0. The summed E-state index contributed by atoms with van der Waals surface area (Å²) in [5, 5.41) is 2.32. The van der Waals surface area contributed by atoms with E-state index in [1.807, 2.05) is 28.0 Å². The van der Waals surface area contributed by atoms with Crippen LogP contribution in [0.4, 0.5) is 24.5 Å². The van der Waals surface area contributed by atoms with Crippen molar-refractivity contribution in [1.29, 1.82) is 0 Å². The van der Waals surface area contributed by atoms with Gasteiger partial charge < -0.3 is 5.32 Å². The van der Waals surface area contributed by atoms with Crippen molar-refractivity contribution in [2.45, 2.75) is 18.6 Å². The lowest BCUT2D eigenvalue weighted by Crippen LogP contribution is -2.53. The van der Waals surface area contributed by atoms with E-state index in [0.29, 0.717) is 31.9 Å². The number of para-hydroxylation sites is 1. The van der Waals surface area contributed by atoms with Gasteiger partial charge in [-0.2, -0.15) is 13.2 Å². The third-order valence-corrected chi connectivity index (χ3v) is 6.24. The number of alkyl halides is 3. The molecule has 2 aromatic carbocycles. The smallest absolute Gasteiger partial charge is 0.325 e. The van der Waals surface area contributed by atoms with Gasteiger partial charge in [-0.25, -0.2) is 4.90 Å². The molecule has 11 heteroatoms. The van der Waals surface area contributed by atoms with Gasteiger partial charge in [-0.3, -0.25) is 24.2 Å². The number of carbonyl (C=O) groups is 3. The molecule has 0 aliphatic carbocycles. The molecule has 3 amide bonds. The summed E-state index contributed by atoms with van der Waals surface area (Å²) < 4.78 is 39.6. The van der Waals surface area contributed by atoms with E-state index in [1.54, 1.807) is 12.1 Å². The van der Waals surface area contributed by atoms with Crippen molar-refractivity contribution in [1.82, 2.24) is 9.80 Å². The Morgan fingerprint density at radius 3 is 2.35 bits per heavy atom. The Hall–Kier alpha value is -2.95. The third-order valence-electron chi connectivity index (χ3n) is 5.91. The maximum atomic E-state index is 13.2. The number of hydrogen-bond donors (Lipinski definition) is 1. The molecule has 0 radical (unpaired) electrons. The van der Waals surface area contributed by atoms with E-state index in [9.17, 15) is 27.6 Å². The van der Waals surface area contributed by atoms with Crippen LogP contribution in [0.3, 0.4) is 0 Å². The first kappa shape index (κ1) is 24.2. The van der Waals surface area contributed by atoms with Crippen LogP contribution in [0.1, 0.15) is 12.0 Å². The Morgan fingerprint density at radius 2 is 1.71 bits per heavy atom. The third kappa shape index (κ3) is 5.24. The molecule has 2 aliphatic rings. The summed E-state index contributed by atoms with van der Waals surface area (Å²) in [6.07, 6.45) is -4.82. The van der Waals surface area contributed by atoms with Crippen LogP contribution in [-0.2, 0) is 20.6 Å². The van der Waals surface area contributed by atoms with Crippen LogP contribution in [0, 0.1) is 0 Å². The highest BCUT2D eigenvalue weighted by Crippen LogP contribution is 2.38. The van der Waals surface area contributed by atoms with Gasteiger partial charge in [0.2, 0.25) is 11.8 Å². The van der Waals surface area contributed by atoms with Crippen LogP contribution in [0.25, 0.3) is 0 Å². The number of benzene rings is 2. The molecule has 1 N–H and O–H groups in total. The molecule has 0 bridgehead atoms. The average Bonchev–Trinajstić information content (AvgIpc) is 3.08. The van der Waals surface area contributed by atoms with Crippen molar-refractivity contribution in [2.24, 2.45) is 0 Å². The summed E-state index contributed by atoms with van der Waals surface area (Å²) in [6, 6.07) is 11.3. The van der Waals surface area contributed by atoms with E-state index in [2.05, 4.69) is 5.32 Å². The standard InChI is InChI=1S/C23H22ClF3N4O3/c24-18-7-6-16(12-17(18)23(25,26)27)31-21(33)13-19(22(31)34)30-10-8-29(9-11-30)14-20(32)28-15-4-2-1-3-5-15/h1-7,12,19H,8-11,13-14H2,(H,28,32)/t19-/m1/s1. The summed E-state index contributed by atoms with van der Waals surface area (Å²) in [6.45, 7) is 2.12. The predicted molar refractivity (Wildman–Crippen MR) is 120 cm³/mol. The van der Waals surface area contributed by atoms with Crippen LogP contribution in [0.2, 0.25) is 5.02 Å². The molecule has 2 fully saturated rings. The maximum absolute atomic E-state index is 13.2. The molecule has 2 aliphatic heterocycles. The topological polar surface area (TPSA) is 73.0 Å². The van der Waals surface area contributed by atoms with Crippen LogP contribution < -0.4 is 10.2 Å². The summed E-state index contributed by atoms with van der Waals surface area (Å²) in [7, 11) is 0. The van der Waals surface area contributed by atoms with Crippen molar-refractivity contribution in [3.05, 3.63) is 59.1 Å². The number of piperazine rings is 1. The highest BCUT2D eigenvalue weighted by molar-refractivity contribution is 6.31. The largest absolute Gasteiger partial charge is 0.417 e. The fraction of sp³-hybridized carbons (Fsp3) is 0.348.